The molecular weight excluding hydrogens is 194 g/mol. The van der Waals surface area contributed by atoms with Crippen molar-refractivity contribution in [2.24, 2.45) is 0 Å². The van der Waals surface area contributed by atoms with Gasteiger partial charge in [0.2, 0.25) is 0 Å². The molecule has 0 atom stereocenters. The summed E-state index contributed by atoms with van der Waals surface area (Å²) in [5.74, 6) is 0. The van der Waals surface area contributed by atoms with E-state index in [1.165, 1.54) is 16.7 Å². The maximum atomic E-state index is 8.87. The van der Waals surface area contributed by atoms with Gasteiger partial charge < -0.3 is 0 Å². The zero-order valence-corrected chi connectivity index (χ0v) is 9.49. The summed E-state index contributed by atoms with van der Waals surface area (Å²) < 4.78 is 0. The largest absolute Gasteiger partial charge is 0.192 e. The second kappa shape index (κ2) is 4.20. The first-order chi connectivity index (χ1) is 7.70. The van der Waals surface area contributed by atoms with E-state index in [4.69, 9.17) is 5.26 Å². The van der Waals surface area contributed by atoms with Gasteiger partial charge in [-0.2, -0.15) is 5.26 Å². The van der Waals surface area contributed by atoms with E-state index in [0.717, 1.165) is 5.56 Å². The molecule has 0 heterocycles. The van der Waals surface area contributed by atoms with Crippen molar-refractivity contribution in [1.82, 2.24) is 0 Å². The van der Waals surface area contributed by atoms with Gasteiger partial charge in [-0.05, 0) is 42.7 Å². The molecule has 1 heteroatoms. The molecule has 0 radical (unpaired) electrons. The standard InChI is InChI=1S/C15H13N/c1-11-6-7-15(12(2)8-11)14-5-3-4-13(9-14)10-16/h3-9H,1-2H3. The molecular formula is C15H13N. The molecule has 0 fully saturated rings. The van der Waals surface area contributed by atoms with Crippen molar-refractivity contribution in [1.29, 1.82) is 5.26 Å². The zero-order valence-electron chi connectivity index (χ0n) is 9.49. The van der Waals surface area contributed by atoms with Gasteiger partial charge in [-0.15, -0.1) is 0 Å². The molecule has 0 saturated carbocycles. The third-order valence-corrected chi connectivity index (χ3v) is 2.68. The molecule has 0 unspecified atom stereocenters. The highest BCUT2D eigenvalue weighted by molar-refractivity contribution is 5.68. The molecule has 16 heavy (non-hydrogen) atoms. The van der Waals surface area contributed by atoms with E-state index in [9.17, 15) is 0 Å². The van der Waals surface area contributed by atoms with Crippen molar-refractivity contribution >= 4 is 0 Å². The van der Waals surface area contributed by atoms with Crippen LogP contribution in [0, 0.1) is 25.2 Å². The molecule has 0 aliphatic rings. The van der Waals surface area contributed by atoms with E-state index in [1.54, 1.807) is 0 Å². The number of hydrogen-bond acceptors (Lipinski definition) is 1. The van der Waals surface area contributed by atoms with E-state index < -0.39 is 0 Å². The lowest BCUT2D eigenvalue weighted by molar-refractivity contribution is 1.38. The Kier molecular flexibility index (Phi) is 2.74. The summed E-state index contributed by atoms with van der Waals surface area (Å²) >= 11 is 0. The van der Waals surface area contributed by atoms with Crippen LogP contribution in [0.2, 0.25) is 0 Å². The van der Waals surface area contributed by atoms with Crippen molar-refractivity contribution in [3.05, 3.63) is 59.2 Å². The highest BCUT2D eigenvalue weighted by Crippen LogP contribution is 2.24. The van der Waals surface area contributed by atoms with Crippen LogP contribution in [0.3, 0.4) is 0 Å². The Hall–Kier alpha value is -2.07. The maximum absolute atomic E-state index is 8.87. The second-order valence-corrected chi connectivity index (χ2v) is 4.01. The van der Waals surface area contributed by atoms with E-state index in [2.05, 4.69) is 38.1 Å². The number of benzene rings is 2. The van der Waals surface area contributed by atoms with Gasteiger partial charge in [0.25, 0.3) is 0 Å². The minimum Gasteiger partial charge on any atom is -0.192 e. The Morgan fingerprint density at radius 2 is 1.81 bits per heavy atom. The van der Waals surface area contributed by atoms with Crippen LogP contribution in [0.4, 0.5) is 0 Å². The number of hydrogen-bond donors (Lipinski definition) is 0. The van der Waals surface area contributed by atoms with Crippen LogP contribution in [0.1, 0.15) is 16.7 Å². The molecule has 0 amide bonds. The molecule has 2 aromatic rings. The van der Waals surface area contributed by atoms with Gasteiger partial charge >= 0.3 is 0 Å². The quantitative estimate of drug-likeness (QED) is 0.697. The lowest BCUT2D eigenvalue weighted by Crippen LogP contribution is -1.85. The molecule has 0 aromatic heterocycles. The monoisotopic (exact) mass is 207 g/mol. The molecule has 0 saturated heterocycles. The minimum absolute atomic E-state index is 0.706. The molecule has 2 rings (SSSR count). The fraction of sp³-hybridized carbons (Fsp3) is 0.133. The summed E-state index contributed by atoms with van der Waals surface area (Å²) in [4.78, 5) is 0. The van der Waals surface area contributed by atoms with Crippen molar-refractivity contribution in [3.63, 3.8) is 0 Å². The molecule has 0 spiro atoms. The maximum Gasteiger partial charge on any atom is 0.0991 e. The van der Waals surface area contributed by atoms with Crippen molar-refractivity contribution in [2.45, 2.75) is 13.8 Å². The first-order valence-corrected chi connectivity index (χ1v) is 5.28. The van der Waals surface area contributed by atoms with Crippen LogP contribution in [0.25, 0.3) is 11.1 Å². The normalized spacial score (nSPS) is 9.81. The Labute approximate surface area is 96.0 Å². The SMILES string of the molecule is Cc1ccc(-c2cccc(C#N)c2)c(C)c1. The fourth-order valence-corrected chi connectivity index (χ4v) is 1.89. The number of nitrogens with zero attached hydrogens (tertiary/aromatic N) is 1. The summed E-state index contributed by atoms with van der Waals surface area (Å²) in [6, 6.07) is 16.3. The van der Waals surface area contributed by atoms with Crippen molar-refractivity contribution in [2.75, 3.05) is 0 Å². The highest BCUT2D eigenvalue weighted by Gasteiger charge is 2.02. The topological polar surface area (TPSA) is 23.8 Å². The van der Waals surface area contributed by atoms with Gasteiger partial charge in [0.15, 0.2) is 0 Å². The van der Waals surface area contributed by atoms with E-state index in [0.29, 0.717) is 5.56 Å². The first-order valence-electron chi connectivity index (χ1n) is 5.28. The molecule has 1 nitrogen and oxygen atoms in total. The van der Waals surface area contributed by atoms with E-state index >= 15 is 0 Å². The van der Waals surface area contributed by atoms with Crippen LogP contribution in [-0.4, -0.2) is 0 Å². The van der Waals surface area contributed by atoms with Crippen LogP contribution >= 0.6 is 0 Å². The predicted molar refractivity (Wildman–Crippen MR) is 66.1 cm³/mol. The van der Waals surface area contributed by atoms with Crippen LogP contribution in [0.15, 0.2) is 42.5 Å². The van der Waals surface area contributed by atoms with Crippen molar-refractivity contribution < 1.29 is 0 Å². The molecule has 0 aliphatic carbocycles. The Bertz CT molecular complexity index is 562. The van der Waals surface area contributed by atoms with Gasteiger partial charge in [-0.1, -0.05) is 35.9 Å². The molecule has 2 aromatic carbocycles. The summed E-state index contributed by atoms with van der Waals surface area (Å²) in [6.45, 7) is 4.18. The van der Waals surface area contributed by atoms with Crippen LogP contribution in [-0.2, 0) is 0 Å². The van der Waals surface area contributed by atoms with Gasteiger partial charge in [-0.3, -0.25) is 0 Å². The van der Waals surface area contributed by atoms with Gasteiger partial charge in [0.1, 0.15) is 0 Å². The smallest absolute Gasteiger partial charge is 0.0991 e. The minimum atomic E-state index is 0.706. The number of nitriles is 1. The second-order valence-electron chi connectivity index (χ2n) is 4.01. The van der Waals surface area contributed by atoms with E-state index in [1.807, 2.05) is 24.3 Å². The summed E-state index contributed by atoms with van der Waals surface area (Å²) in [7, 11) is 0. The number of aryl methyl sites for hydroxylation is 2. The third-order valence-electron chi connectivity index (χ3n) is 2.68. The predicted octanol–water partition coefficient (Wildman–Crippen LogP) is 3.84. The summed E-state index contributed by atoms with van der Waals surface area (Å²) in [5, 5.41) is 8.87. The lowest BCUT2D eigenvalue weighted by atomic mass is 9.98. The van der Waals surface area contributed by atoms with Crippen LogP contribution in [0.5, 0.6) is 0 Å². The van der Waals surface area contributed by atoms with Crippen LogP contribution < -0.4 is 0 Å². The van der Waals surface area contributed by atoms with Gasteiger partial charge in [0.05, 0.1) is 11.6 Å². The van der Waals surface area contributed by atoms with E-state index in [-0.39, 0.29) is 0 Å². The average molecular weight is 207 g/mol. The van der Waals surface area contributed by atoms with Gasteiger partial charge in [0, 0.05) is 0 Å². The van der Waals surface area contributed by atoms with Crippen molar-refractivity contribution in [3.8, 4) is 17.2 Å². The van der Waals surface area contributed by atoms with Gasteiger partial charge in [-0.25, -0.2) is 0 Å². The lowest BCUT2D eigenvalue weighted by Gasteiger charge is -2.07. The molecule has 0 aliphatic heterocycles. The Balaban J connectivity index is 2.55. The number of rotatable bonds is 1. The Morgan fingerprint density at radius 1 is 1.00 bits per heavy atom. The third kappa shape index (κ3) is 1.97. The highest BCUT2D eigenvalue weighted by atomic mass is 14.2. The Morgan fingerprint density at radius 3 is 2.50 bits per heavy atom. The molecule has 0 N–H and O–H groups in total. The summed E-state index contributed by atoms with van der Waals surface area (Å²) in [5.41, 5.74) is 5.52. The summed E-state index contributed by atoms with van der Waals surface area (Å²) in [6.07, 6.45) is 0. The fourth-order valence-electron chi connectivity index (χ4n) is 1.89. The molecule has 0 bridgehead atoms. The molecule has 78 valence electrons. The average Bonchev–Trinajstić information content (AvgIpc) is 2.29. The zero-order chi connectivity index (χ0) is 11.5. The first kappa shape index (κ1) is 10.4.